The molecule has 2 heterocycles. The average molecular weight is 278 g/mol. The number of aryl methyl sites for hydroxylation is 2. The second-order valence-electron chi connectivity index (χ2n) is 5.14. The lowest BCUT2D eigenvalue weighted by Crippen LogP contribution is -2.43. The van der Waals surface area contributed by atoms with E-state index in [1.807, 2.05) is 6.92 Å². The molecule has 0 radical (unpaired) electrons. The van der Waals surface area contributed by atoms with Crippen molar-refractivity contribution in [1.29, 1.82) is 0 Å². The maximum atomic E-state index is 12.0. The minimum atomic E-state index is -1.34. The molecule has 1 amide bonds. The van der Waals surface area contributed by atoms with Crippen molar-refractivity contribution in [3.8, 4) is 0 Å². The van der Waals surface area contributed by atoms with Crippen LogP contribution in [0.4, 0.5) is 0 Å². The average Bonchev–Trinajstić information content (AvgIpc) is 2.71. The fourth-order valence-electron chi connectivity index (χ4n) is 1.86. The van der Waals surface area contributed by atoms with E-state index in [-0.39, 0.29) is 12.5 Å². The largest absolute Gasteiger partial charge is 0.393 e. The van der Waals surface area contributed by atoms with Crippen LogP contribution in [0.3, 0.4) is 0 Å². The number of aromatic nitrogens is 3. The number of amides is 1. The minimum Gasteiger partial charge on any atom is -0.393 e. The highest BCUT2D eigenvalue weighted by molar-refractivity contribution is 5.97. The number of hydrogen-bond acceptors (Lipinski definition) is 5. The van der Waals surface area contributed by atoms with Crippen molar-refractivity contribution in [3.63, 3.8) is 0 Å². The molecule has 108 valence electrons. The second kappa shape index (κ2) is 5.18. The summed E-state index contributed by atoms with van der Waals surface area (Å²) in [6.07, 6.45) is 1.46. The van der Waals surface area contributed by atoms with Crippen LogP contribution in [0.2, 0.25) is 0 Å². The molecule has 0 saturated heterocycles. The third-order valence-electron chi connectivity index (χ3n) is 3.10. The molecule has 3 N–H and O–H groups in total. The summed E-state index contributed by atoms with van der Waals surface area (Å²) in [5, 5.41) is 26.2. The Balaban J connectivity index is 2.21. The summed E-state index contributed by atoms with van der Waals surface area (Å²) < 4.78 is 1.66. The van der Waals surface area contributed by atoms with E-state index < -0.39 is 12.2 Å². The van der Waals surface area contributed by atoms with Crippen molar-refractivity contribution in [2.45, 2.75) is 19.4 Å². The van der Waals surface area contributed by atoms with E-state index in [0.29, 0.717) is 11.2 Å². The standard InChI is InChI=1S/C13H18N4O3/c1-8-10-4-9(5-14-11(10)17(3)16-8)12(19)15-6-13(2,20)7-18/h4-5,18,20H,6-7H2,1-3H3,(H,15,19). The van der Waals surface area contributed by atoms with Crippen molar-refractivity contribution >= 4 is 16.9 Å². The molecule has 0 saturated carbocycles. The summed E-state index contributed by atoms with van der Waals surface area (Å²) in [5.41, 5.74) is 0.563. The molecule has 0 aliphatic carbocycles. The number of aliphatic hydroxyl groups is 2. The zero-order valence-electron chi connectivity index (χ0n) is 11.7. The van der Waals surface area contributed by atoms with Crippen molar-refractivity contribution in [1.82, 2.24) is 20.1 Å². The van der Waals surface area contributed by atoms with Crippen LogP contribution in [-0.4, -0.2) is 49.6 Å². The van der Waals surface area contributed by atoms with E-state index in [9.17, 15) is 9.90 Å². The number of fused-ring (bicyclic) bond motifs is 1. The van der Waals surface area contributed by atoms with Gasteiger partial charge in [0.2, 0.25) is 0 Å². The Morgan fingerprint density at radius 1 is 1.55 bits per heavy atom. The van der Waals surface area contributed by atoms with E-state index in [4.69, 9.17) is 5.11 Å². The first kappa shape index (κ1) is 14.4. The van der Waals surface area contributed by atoms with E-state index in [0.717, 1.165) is 11.1 Å². The summed E-state index contributed by atoms with van der Waals surface area (Å²) in [5.74, 6) is -0.351. The van der Waals surface area contributed by atoms with Gasteiger partial charge in [0.15, 0.2) is 5.65 Å². The number of carbonyl (C=O) groups is 1. The molecular weight excluding hydrogens is 260 g/mol. The molecule has 0 fully saturated rings. The first-order valence-electron chi connectivity index (χ1n) is 6.25. The molecule has 7 nitrogen and oxygen atoms in total. The predicted octanol–water partition coefficient (Wildman–Crippen LogP) is -0.250. The molecule has 0 aromatic carbocycles. The number of pyridine rings is 1. The lowest BCUT2D eigenvalue weighted by molar-refractivity contribution is 0.00320. The van der Waals surface area contributed by atoms with Gasteiger partial charge in [0.1, 0.15) is 5.60 Å². The summed E-state index contributed by atoms with van der Waals surface area (Å²) in [6, 6.07) is 1.72. The van der Waals surface area contributed by atoms with Crippen molar-refractivity contribution < 1.29 is 15.0 Å². The second-order valence-corrected chi connectivity index (χ2v) is 5.14. The monoisotopic (exact) mass is 278 g/mol. The van der Waals surface area contributed by atoms with E-state index in [1.165, 1.54) is 13.1 Å². The van der Waals surface area contributed by atoms with Crippen LogP contribution in [0.1, 0.15) is 23.0 Å². The fraction of sp³-hybridized carbons (Fsp3) is 0.462. The van der Waals surface area contributed by atoms with E-state index in [1.54, 1.807) is 17.8 Å². The van der Waals surface area contributed by atoms with Gasteiger partial charge in [0, 0.05) is 25.2 Å². The number of hydrogen-bond donors (Lipinski definition) is 3. The van der Waals surface area contributed by atoms with Gasteiger partial charge in [0.25, 0.3) is 5.91 Å². The number of aliphatic hydroxyl groups excluding tert-OH is 1. The number of carbonyl (C=O) groups excluding carboxylic acids is 1. The van der Waals surface area contributed by atoms with Crippen molar-refractivity contribution in [3.05, 3.63) is 23.5 Å². The number of nitrogens with one attached hydrogen (secondary N) is 1. The van der Waals surface area contributed by atoms with Gasteiger partial charge in [-0.15, -0.1) is 0 Å². The van der Waals surface area contributed by atoms with Gasteiger partial charge >= 0.3 is 0 Å². The maximum absolute atomic E-state index is 12.0. The molecule has 20 heavy (non-hydrogen) atoms. The zero-order chi connectivity index (χ0) is 14.9. The lowest BCUT2D eigenvalue weighted by atomic mass is 10.1. The van der Waals surface area contributed by atoms with Gasteiger partial charge in [0.05, 0.1) is 17.9 Å². The first-order valence-corrected chi connectivity index (χ1v) is 6.25. The highest BCUT2D eigenvalue weighted by Crippen LogP contribution is 2.16. The van der Waals surface area contributed by atoms with Crippen molar-refractivity contribution in [2.75, 3.05) is 13.2 Å². The third-order valence-corrected chi connectivity index (χ3v) is 3.10. The SMILES string of the molecule is Cc1nn(C)c2ncc(C(=O)NCC(C)(O)CO)cc12. The third kappa shape index (κ3) is 2.78. The Kier molecular flexibility index (Phi) is 3.74. The summed E-state index contributed by atoms with van der Waals surface area (Å²) in [7, 11) is 1.79. The Morgan fingerprint density at radius 2 is 2.25 bits per heavy atom. The summed E-state index contributed by atoms with van der Waals surface area (Å²) in [4.78, 5) is 16.2. The normalized spacial score (nSPS) is 14.2. The molecule has 2 aromatic rings. The number of nitrogens with zero attached hydrogens (tertiary/aromatic N) is 3. The van der Waals surface area contributed by atoms with Gasteiger partial charge in [-0.2, -0.15) is 5.10 Å². The topological polar surface area (TPSA) is 100 Å². The molecule has 1 atom stereocenters. The highest BCUT2D eigenvalue weighted by Gasteiger charge is 2.20. The van der Waals surface area contributed by atoms with Gasteiger partial charge < -0.3 is 15.5 Å². The molecule has 2 rings (SSSR count). The van der Waals surface area contributed by atoms with E-state index in [2.05, 4.69) is 15.4 Å². The smallest absolute Gasteiger partial charge is 0.252 e. The van der Waals surface area contributed by atoms with Crippen LogP contribution < -0.4 is 5.32 Å². The van der Waals surface area contributed by atoms with E-state index >= 15 is 0 Å². The van der Waals surface area contributed by atoms with Crippen LogP contribution in [0.5, 0.6) is 0 Å². The van der Waals surface area contributed by atoms with Crippen LogP contribution in [0.15, 0.2) is 12.3 Å². The Morgan fingerprint density at radius 3 is 2.90 bits per heavy atom. The molecular formula is C13H18N4O3. The molecule has 0 aliphatic rings. The molecule has 7 heteroatoms. The quantitative estimate of drug-likeness (QED) is 0.716. The summed E-state index contributed by atoms with van der Waals surface area (Å²) in [6.45, 7) is 2.83. The van der Waals surface area contributed by atoms with Gasteiger partial charge in [-0.05, 0) is 19.9 Å². The fourth-order valence-corrected chi connectivity index (χ4v) is 1.86. The van der Waals surface area contributed by atoms with Crippen LogP contribution in [0.25, 0.3) is 11.0 Å². The van der Waals surface area contributed by atoms with Gasteiger partial charge in [-0.25, -0.2) is 4.98 Å². The lowest BCUT2D eigenvalue weighted by Gasteiger charge is -2.20. The molecule has 0 spiro atoms. The Labute approximate surface area is 116 Å². The van der Waals surface area contributed by atoms with Gasteiger partial charge in [-0.1, -0.05) is 0 Å². The Bertz CT molecular complexity index is 648. The molecule has 2 aromatic heterocycles. The Hall–Kier alpha value is -1.99. The predicted molar refractivity (Wildman–Crippen MR) is 73.3 cm³/mol. The van der Waals surface area contributed by atoms with Crippen LogP contribution in [0, 0.1) is 6.92 Å². The first-order chi connectivity index (χ1) is 9.34. The minimum absolute atomic E-state index is 0.0353. The molecule has 0 aliphatic heterocycles. The van der Waals surface area contributed by atoms with Gasteiger partial charge in [-0.3, -0.25) is 9.48 Å². The summed E-state index contributed by atoms with van der Waals surface area (Å²) >= 11 is 0. The molecule has 0 bridgehead atoms. The van der Waals surface area contributed by atoms with Crippen molar-refractivity contribution in [2.24, 2.45) is 7.05 Å². The zero-order valence-corrected chi connectivity index (χ0v) is 11.7. The highest BCUT2D eigenvalue weighted by atomic mass is 16.3. The van der Waals surface area contributed by atoms with Crippen LogP contribution >= 0.6 is 0 Å². The maximum Gasteiger partial charge on any atom is 0.252 e. The van der Waals surface area contributed by atoms with Crippen LogP contribution in [-0.2, 0) is 7.05 Å². The molecule has 1 unspecified atom stereocenters. The number of rotatable bonds is 4.